The second kappa shape index (κ2) is 6.28. The van der Waals surface area contributed by atoms with Gasteiger partial charge in [0.25, 0.3) is 0 Å². The SMILES string of the molecule is Cc1ccccc1CC(CCl)CC1CCC(C)(C)O1. The number of halogens is 1. The molecule has 0 radical (unpaired) electrons. The molecule has 0 aromatic heterocycles. The van der Waals surface area contributed by atoms with Crippen molar-refractivity contribution in [3.8, 4) is 0 Å². The summed E-state index contributed by atoms with van der Waals surface area (Å²) in [7, 11) is 0. The Labute approximate surface area is 122 Å². The van der Waals surface area contributed by atoms with Crippen LogP contribution in [0.15, 0.2) is 24.3 Å². The van der Waals surface area contributed by atoms with E-state index in [1.165, 1.54) is 17.5 Å². The molecule has 0 aliphatic carbocycles. The summed E-state index contributed by atoms with van der Waals surface area (Å²) in [4.78, 5) is 0. The number of hydrogen-bond donors (Lipinski definition) is 0. The Hall–Kier alpha value is -0.530. The highest BCUT2D eigenvalue weighted by atomic mass is 35.5. The Morgan fingerprint density at radius 2 is 2.11 bits per heavy atom. The highest BCUT2D eigenvalue weighted by Crippen LogP contribution is 2.33. The topological polar surface area (TPSA) is 9.23 Å². The first-order valence-corrected chi connectivity index (χ1v) is 7.82. The van der Waals surface area contributed by atoms with Gasteiger partial charge in [0.2, 0.25) is 0 Å². The quantitative estimate of drug-likeness (QED) is 0.708. The molecule has 1 aromatic rings. The number of alkyl halides is 1. The Kier molecular flexibility index (Phi) is 4.92. The van der Waals surface area contributed by atoms with Crippen molar-refractivity contribution in [1.29, 1.82) is 0 Å². The van der Waals surface area contributed by atoms with Gasteiger partial charge in [0.15, 0.2) is 0 Å². The zero-order chi connectivity index (χ0) is 13.9. The largest absolute Gasteiger partial charge is 0.372 e. The first-order valence-electron chi connectivity index (χ1n) is 7.28. The molecule has 0 saturated carbocycles. The van der Waals surface area contributed by atoms with Gasteiger partial charge in [0.05, 0.1) is 11.7 Å². The zero-order valence-electron chi connectivity index (χ0n) is 12.3. The van der Waals surface area contributed by atoms with E-state index in [0.29, 0.717) is 17.9 Å². The number of ether oxygens (including phenoxy) is 1. The van der Waals surface area contributed by atoms with E-state index in [1.807, 2.05) is 0 Å². The molecule has 2 rings (SSSR count). The first-order chi connectivity index (χ1) is 9.00. The van der Waals surface area contributed by atoms with Crippen molar-refractivity contribution in [3.05, 3.63) is 35.4 Å². The van der Waals surface area contributed by atoms with Gasteiger partial charge in [-0.15, -0.1) is 11.6 Å². The molecule has 1 heterocycles. The maximum Gasteiger partial charge on any atom is 0.0631 e. The Morgan fingerprint density at radius 3 is 2.68 bits per heavy atom. The number of hydrogen-bond acceptors (Lipinski definition) is 1. The van der Waals surface area contributed by atoms with Crippen LogP contribution in [0.4, 0.5) is 0 Å². The molecule has 19 heavy (non-hydrogen) atoms. The van der Waals surface area contributed by atoms with Gasteiger partial charge < -0.3 is 4.74 Å². The van der Waals surface area contributed by atoms with Crippen LogP contribution in [-0.2, 0) is 11.2 Å². The minimum absolute atomic E-state index is 0.0597. The molecule has 1 aliphatic rings. The molecule has 0 spiro atoms. The second-order valence-corrected chi connectivity index (χ2v) is 6.73. The van der Waals surface area contributed by atoms with Crippen molar-refractivity contribution >= 4 is 11.6 Å². The molecule has 0 N–H and O–H groups in total. The van der Waals surface area contributed by atoms with E-state index < -0.39 is 0 Å². The van der Waals surface area contributed by atoms with Crippen molar-refractivity contribution in [3.63, 3.8) is 0 Å². The lowest BCUT2D eigenvalue weighted by Gasteiger charge is -2.22. The predicted molar refractivity (Wildman–Crippen MR) is 81.9 cm³/mol. The van der Waals surface area contributed by atoms with Crippen LogP contribution in [0.2, 0.25) is 0 Å². The van der Waals surface area contributed by atoms with Gasteiger partial charge in [-0.25, -0.2) is 0 Å². The molecule has 0 amide bonds. The third-order valence-electron chi connectivity index (χ3n) is 4.14. The van der Waals surface area contributed by atoms with Gasteiger partial charge >= 0.3 is 0 Å². The van der Waals surface area contributed by atoms with Gasteiger partial charge in [0.1, 0.15) is 0 Å². The summed E-state index contributed by atoms with van der Waals surface area (Å²) >= 11 is 6.16. The maximum atomic E-state index is 6.16. The third kappa shape index (κ3) is 4.22. The van der Waals surface area contributed by atoms with Crippen LogP contribution in [0.5, 0.6) is 0 Å². The van der Waals surface area contributed by atoms with Crippen molar-refractivity contribution in [2.24, 2.45) is 5.92 Å². The van der Waals surface area contributed by atoms with Crippen molar-refractivity contribution < 1.29 is 4.74 Å². The minimum atomic E-state index is 0.0597. The molecule has 106 valence electrons. The van der Waals surface area contributed by atoms with Crippen LogP contribution in [-0.4, -0.2) is 17.6 Å². The fourth-order valence-corrected chi connectivity index (χ4v) is 3.20. The standard InChI is InChI=1S/C17H25ClO/c1-13-6-4-5-7-15(13)10-14(12-18)11-16-8-9-17(2,3)19-16/h4-7,14,16H,8-12H2,1-3H3. The Balaban J connectivity index is 1.93. The van der Waals surface area contributed by atoms with E-state index in [1.54, 1.807) is 0 Å². The maximum absolute atomic E-state index is 6.16. The zero-order valence-corrected chi connectivity index (χ0v) is 13.0. The van der Waals surface area contributed by atoms with Gasteiger partial charge in [-0.05, 0) is 63.5 Å². The highest BCUT2D eigenvalue weighted by molar-refractivity contribution is 6.18. The van der Waals surface area contributed by atoms with E-state index in [4.69, 9.17) is 16.3 Å². The normalized spacial score (nSPS) is 23.5. The third-order valence-corrected chi connectivity index (χ3v) is 4.57. The van der Waals surface area contributed by atoms with Crippen LogP contribution in [0, 0.1) is 12.8 Å². The number of benzene rings is 1. The molecule has 0 bridgehead atoms. The molecule has 1 nitrogen and oxygen atoms in total. The summed E-state index contributed by atoms with van der Waals surface area (Å²) < 4.78 is 6.09. The summed E-state index contributed by atoms with van der Waals surface area (Å²) in [5.41, 5.74) is 2.85. The van der Waals surface area contributed by atoms with E-state index >= 15 is 0 Å². The smallest absolute Gasteiger partial charge is 0.0631 e. The lowest BCUT2D eigenvalue weighted by atomic mass is 9.92. The fourth-order valence-electron chi connectivity index (χ4n) is 2.97. The average Bonchev–Trinajstić information content (AvgIpc) is 2.70. The monoisotopic (exact) mass is 280 g/mol. The van der Waals surface area contributed by atoms with Crippen molar-refractivity contribution in [2.75, 3.05) is 5.88 Å². The molecular formula is C17H25ClO. The minimum Gasteiger partial charge on any atom is -0.372 e. The summed E-state index contributed by atoms with van der Waals surface area (Å²) in [6.45, 7) is 6.55. The Morgan fingerprint density at radius 1 is 1.37 bits per heavy atom. The van der Waals surface area contributed by atoms with Crippen LogP contribution >= 0.6 is 11.6 Å². The number of rotatable bonds is 5. The molecular weight excluding hydrogens is 256 g/mol. The summed E-state index contributed by atoms with van der Waals surface area (Å²) in [5.74, 6) is 1.23. The Bertz CT molecular complexity index is 413. The van der Waals surface area contributed by atoms with Crippen LogP contribution in [0.3, 0.4) is 0 Å². The summed E-state index contributed by atoms with van der Waals surface area (Å²) in [6.07, 6.45) is 4.88. The lowest BCUT2D eigenvalue weighted by Crippen LogP contribution is -2.22. The van der Waals surface area contributed by atoms with Crippen LogP contribution in [0.25, 0.3) is 0 Å². The second-order valence-electron chi connectivity index (χ2n) is 6.42. The molecule has 2 unspecified atom stereocenters. The van der Waals surface area contributed by atoms with Crippen LogP contribution < -0.4 is 0 Å². The van der Waals surface area contributed by atoms with Gasteiger partial charge in [-0.3, -0.25) is 0 Å². The molecule has 1 saturated heterocycles. The molecule has 2 atom stereocenters. The van der Waals surface area contributed by atoms with Gasteiger partial charge in [0, 0.05) is 5.88 Å². The summed E-state index contributed by atoms with van der Waals surface area (Å²) in [5, 5.41) is 0. The van der Waals surface area contributed by atoms with Crippen LogP contribution in [0.1, 0.15) is 44.2 Å². The molecule has 1 aromatic carbocycles. The number of aryl methyl sites for hydroxylation is 1. The van der Waals surface area contributed by atoms with E-state index in [-0.39, 0.29) is 5.60 Å². The van der Waals surface area contributed by atoms with Gasteiger partial charge in [-0.2, -0.15) is 0 Å². The lowest BCUT2D eigenvalue weighted by molar-refractivity contribution is -0.0234. The van der Waals surface area contributed by atoms with E-state index in [2.05, 4.69) is 45.0 Å². The van der Waals surface area contributed by atoms with Crippen molar-refractivity contribution in [1.82, 2.24) is 0 Å². The van der Waals surface area contributed by atoms with E-state index in [0.717, 1.165) is 19.3 Å². The molecule has 2 heteroatoms. The average molecular weight is 281 g/mol. The van der Waals surface area contributed by atoms with E-state index in [9.17, 15) is 0 Å². The molecule has 1 fully saturated rings. The fraction of sp³-hybridized carbons (Fsp3) is 0.647. The first kappa shape index (κ1) is 14.9. The van der Waals surface area contributed by atoms with Gasteiger partial charge in [-0.1, -0.05) is 24.3 Å². The highest BCUT2D eigenvalue weighted by Gasteiger charge is 2.32. The predicted octanol–water partition coefficient (Wildman–Crippen LogP) is 4.74. The molecule has 1 aliphatic heterocycles. The van der Waals surface area contributed by atoms with Crippen molar-refractivity contribution in [2.45, 2.75) is 58.2 Å². The summed E-state index contributed by atoms with van der Waals surface area (Å²) in [6, 6.07) is 8.60.